The second-order valence-corrected chi connectivity index (χ2v) is 4.19. The van der Waals surface area contributed by atoms with Gasteiger partial charge in [0.15, 0.2) is 0 Å². The highest BCUT2D eigenvalue weighted by Gasteiger charge is 2.15. The lowest BCUT2D eigenvalue weighted by molar-refractivity contribution is 0.0914. The molecule has 1 aromatic heterocycles. The second kappa shape index (κ2) is 3.74. The zero-order valence-electron chi connectivity index (χ0n) is 8.96. The van der Waals surface area contributed by atoms with Crippen LogP contribution in [-0.2, 0) is 0 Å². The van der Waals surface area contributed by atoms with Gasteiger partial charge in [-0.05, 0) is 33.8 Å². The SMILES string of the molecule is Cc1nccc(C(=O)NC(C)(C)C)n1. The molecule has 0 aliphatic carbocycles. The van der Waals surface area contributed by atoms with Crippen molar-refractivity contribution in [3.05, 3.63) is 23.8 Å². The Hall–Kier alpha value is -1.45. The molecule has 0 aliphatic heterocycles. The normalized spacial score (nSPS) is 11.1. The van der Waals surface area contributed by atoms with Crippen molar-refractivity contribution < 1.29 is 4.79 Å². The molecule has 76 valence electrons. The smallest absolute Gasteiger partial charge is 0.270 e. The Bertz CT molecular complexity index is 341. The minimum atomic E-state index is -0.240. The summed E-state index contributed by atoms with van der Waals surface area (Å²) < 4.78 is 0. The quantitative estimate of drug-likeness (QED) is 0.731. The summed E-state index contributed by atoms with van der Waals surface area (Å²) in [4.78, 5) is 19.6. The molecule has 0 spiro atoms. The number of aromatic nitrogens is 2. The fraction of sp³-hybridized carbons (Fsp3) is 0.500. The van der Waals surface area contributed by atoms with Gasteiger partial charge in [0, 0.05) is 11.7 Å². The molecule has 0 radical (unpaired) electrons. The van der Waals surface area contributed by atoms with Crippen molar-refractivity contribution in [1.29, 1.82) is 0 Å². The molecule has 1 rings (SSSR count). The number of rotatable bonds is 1. The fourth-order valence-corrected chi connectivity index (χ4v) is 0.987. The molecule has 4 heteroatoms. The van der Waals surface area contributed by atoms with Crippen LogP contribution in [0.25, 0.3) is 0 Å². The van der Waals surface area contributed by atoms with E-state index in [9.17, 15) is 4.79 Å². The van der Waals surface area contributed by atoms with Crippen LogP contribution in [0.1, 0.15) is 37.1 Å². The molecular weight excluding hydrogens is 178 g/mol. The van der Waals surface area contributed by atoms with Crippen LogP contribution in [0.3, 0.4) is 0 Å². The molecule has 14 heavy (non-hydrogen) atoms. The van der Waals surface area contributed by atoms with E-state index in [2.05, 4.69) is 15.3 Å². The highest BCUT2D eigenvalue weighted by atomic mass is 16.2. The van der Waals surface area contributed by atoms with Gasteiger partial charge >= 0.3 is 0 Å². The highest BCUT2D eigenvalue weighted by Crippen LogP contribution is 2.02. The summed E-state index contributed by atoms with van der Waals surface area (Å²) in [5.74, 6) is 0.439. The Labute approximate surface area is 83.8 Å². The molecule has 0 unspecified atom stereocenters. The van der Waals surface area contributed by atoms with Crippen LogP contribution < -0.4 is 5.32 Å². The van der Waals surface area contributed by atoms with Crippen molar-refractivity contribution in [1.82, 2.24) is 15.3 Å². The molecule has 1 amide bonds. The van der Waals surface area contributed by atoms with Crippen LogP contribution in [0.2, 0.25) is 0 Å². The lowest BCUT2D eigenvalue weighted by atomic mass is 10.1. The van der Waals surface area contributed by atoms with Gasteiger partial charge in [0.2, 0.25) is 0 Å². The van der Waals surface area contributed by atoms with Crippen molar-refractivity contribution in [3.8, 4) is 0 Å². The first kappa shape index (κ1) is 10.6. The maximum absolute atomic E-state index is 11.6. The predicted octanol–water partition coefficient (Wildman–Crippen LogP) is 1.31. The van der Waals surface area contributed by atoms with E-state index in [0.29, 0.717) is 11.5 Å². The Kier molecular flexibility index (Phi) is 2.84. The van der Waals surface area contributed by atoms with Gasteiger partial charge in [-0.15, -0.1) is 0 Å². The fourth-order valence-electron chi connectivity index (χ4n) is 0.987. The Balaban J connectivity index is 2.80. The minimum absolute atomic E-state index is 0.164. The van der Waals surface area contributed by atoms with E-state index in [4.69, 9.17) is 0 Å². The maximum atomic E-state index is 11.6. The number of aryl methyl sites for hydroxylation is 1. The molecule has 0 fully saturated rings. The van der Waals surface area contributed by atoms with E-state index < -0.39 is 0 Å². The summed E-state index contributed by atoms with van der Waals surface area (Å²) >= 11 is 0. The van der Waals surface area contributed by atoms with E-state index in [-0.39, 0.29) is 11.4 Å². The molecule has 0 bridgehead atoms. The Morgan fingerprint density at radius 2 is 2.07 bits per heavy atom. The number of hydrogen-bond donors (Lipinski definition) is 1. The third kappa shape index (κ3) is 3.12. The van der Waals surface area contributed by atoms with Crippen molar-refractivity contribution in [2.75, 3.05) is 0 Å². The van der Waals surface area contributed by atoms with Gasteiger partial charge < -0.3 is 5.32 Å². The van der Waals surface area contributed by atoms with Crippen LogP contribution in [0.15, 0.2) is 12.3 Å². The van der Waals surface area contributed by atoms with Gasteiger partial charge in [-0.25, -0.2) is 9.97 Å². The van der Waals surface area contributed by atoms with Crippen LogP contribution in [0.4, 0.5) is 0 Å². The molecule has 1 N–H and O–H groups in total. The van der Waals surface area contributed by atoms with Gasteiger partial charge in [0.25, 0.3) is 5.91 Å². The molecule has 0 aromatic carbocycles. The number of carbonyl (C=O) groups is 1. The molecule has 0 saturated heterocycles. The van der Waals surface area contributed by atoms with Crippen LogP contribution >= 0.6 is 0 Å². The predicted molar refractivity (Wildman–Crippen MR) is 54.0 cm³/mol. The van der Waals surface area contributed by atoms with E-state index in [1.54, 1.807) is 19.2 Å². The lowest BCUT2D eigenvalue weighted by Gasteiger charge is -2.19. The lowest BCUT2D eigenvalue weighted by Crippen LogP contribution is -2.41. The van der Waals surface area contributed by atoms with Crippen molar-refractivity contribution in [2.45, 2.75) is 33.2 Å². The average molecular weight is 193 g/mol. The van der Waals surface area contributed by atoms with Gasteiger partial charge in [0.1, 0.15) is 11.5 Å². The molecule has 1 aromatic rings. The Morgan fingerprint density at radius 3 is 2.57 bits per heavy atom. The molecule has 0 atom stereocenters. The van der Waals surface area contributed by atoms with Gasteiger partial charge in [-0.2, -0.15) is 0 Å². The van der Waals surface area contributed by atoms with Crippen molar-refractivity contribution in [2.24, 2.45) is 0 Å². The van der Waals surface area contributed by atoms with E-state index in [0.717, 1.165) is 0 Å². The summed E-state index contributed by atoms with van der Waals surface area (Å²) in [6.45, 7) is 7.55. The summed E-state index contributed by atoms with van der Waals surface area (Å²) in [7, 11) is 0. The summed E-state index contributed by atoms with van der Waals surface area (Å²) in [5, 5.41) is 2.83. The molecule has 4 nitrogen and oxygen atoms in total. The standard InChI is InChI=1S/C10H15N3O/c1-7-11-6-5-8(12-7)9(14)13-10(2,3)4/h5-6H,1-4H3,(H,13,14). The van der Waals surface area contributed by atoms with E-state index in [1.165, 1.54) is 0 Å². The number of hydrogen-bond acceptors (Lipinski definition) is 3. The number of amides is 1. The first-order valence-electron chi connectivity index (χ1n) is 4.51. The topological polar surface area (TPSA) is 54.9 Å². The first-order chi connectivity index (χ1) is 6.38. The first-order valence-corrected chi connectivity index (χ1v) is 4.51. The largest absolute Gasteiger partial charge is 0.346 e. The Morgan fingerprint density at radius 1 is 1.43 bits per heavy atom. The monoisotopic (exact) mass is 193 g/mol. The van der Waals surface area contributed by atoms with Gasteiger partial charge in [-0.3, -0.25) is 4.79 Å². The summed E-state index contributed by atoms with van der Waals surface area (Å²) in [6.07, 6.45) is 1.58. The minimum Gasteiger partial charge on any atom is -0.346 e. The van der Waals surface area contributed by atoms with Crippen molar-refractivity contribution >= 4 is 5.91 Å². The molecule has 0 aliphatic rings. The zero-order chi connectivity index (χ0) is 10.8. The molecule has 0 saturated carbocycles. The van der Waals surface area contributed by atoms with Crippen LogP contribution in [0, 0.1) is 6.92 Å². The van der Waals surface area contributed by atoms with Gasteiger partial charge in [0.05, 0.1) is 0 Å². The zero-order valence-corrected chi connectivity index (χ0v) is 8.96. The number of carbonyl (C=O) groups excluding carboxylic acids is 1. The summed E-state index contributed by atoms with van der Waals surface area (Å²) in [6, 6.07) is 1.61. The number of nitrogens with zero attached hydrogens (tertiary/aromatic N) is 2. The number of nitrogens with one attached hydrogen (secondary N) is 1. The third-order valence-corrected chi connectivity index (χ3v) is 1.50. The average Bonchev–Trinajstić information content (AvgIpc) is 2.01. The van der Waals surface area contributed by atoms with Crippen molar-refractivity contribution in [3.63, 3.8) is 0 Å². The second-order valence-electron chi connectivity index (χ2n) is 4.19. The van der Waals surface area contributed by atoms with Gasteiger partial charge in [-0.1, -0.05) is 0 Å². The van der Waals surface area contributed by atoms with Crippen LogP contribution in [-0.4, -0.2) is 21.4 Å². The van der Waals surface area contributed by atoms with E-state index in [1.807, 2.05) is 20.8 Å². The maximum Gasteiger partial charge on any atom is 0.270 e. The highest BCUT2D eigenvalue weighted by molar-refractivity contribution is 5.92. The van der Waals surface area contributed by atoms with Crippen LogP contribution in [0.5, 0.6) is 0 Å². The summed E-state index contributed by atoms with van der Waals surface area (Å²) in [5.41, 5.74) is 0.170. The molecular formula is C10H15N3O. The van der Waals surface area contributed by atoms with E-state index >= 15 is 0 Å². The molecule has 1 heterocycles. The third-order valence-electron chi connectivity index (χ3n) is 1.50.